The minimum Gasteiger partial charge on any atom is -0.332 e. The van der Waals surface area contributed by atoms with Gasteiger partial charge in [-0.05, 0) is 59.6 Å². The molecule has 1 heterocycles. The minimum absolute atomic E-state index is 0.119. The van der Waals surface area contributed by atoms with Gasteiger partial charge in [0, 0.05) is 23.2 Å². The lowest BCUT2D eigenvalue weighted by Gasteiger charge is -2.10. The molecule has 0 fully saturated rings. The first-order valence-electron chi connectivity index (χ1n) is 8.89. The van der Waals surface area contributed by atoms with Crippen molar-refractivity contribution >= 4 is 56.4 Å². The fourth-order valence-electron chi connectivity index (χ4n) is 2.43. The van der Waals surface area contributed by atoms with Crippen LogP contribution in [0.1, 0.15) is 10.4 Å². The molecule has 0 saturated carbocycles. The quantitative estimate of drug-likeness (QED) is 0.372. The Bertz CT molecular complexity index is 1130. The van der Waals surface area contributed by atoms with E-state index in [1.165, 1.54) is 29.5 Å². The third-order valence-corrected chi connectivity index (χ3v) is 6.37. The second-order valence-electron chi connectivity index (χ2n) is 6.13. The summed E-state index contributed by atoms with van der Waals surface area (Å²) in [6, 6.07) is 19.2. The van der Waals surface area contributed by atoms with Crippen molar-refractivity contribution in [1.29, 1.82) is 0 Å². The van der Waals surface area contributed by atoms with Crippen LogP contribution in [-0.4, -0.2) is 19.4 Å². The van der Waals surface area contributed by atoms with Crippen molar-refractivity contribution in [2.24, 2.45) is 0 Å². The maximum atomic E-state index is 12.4. The van der Waals surface area contributed by atoms with Gasteiger partial charge >= 0.3 is 0 Å². The Kier molecular flexibility index (Phi) is 7.47. The summed E-state index contributed by atoms with van der Waals surface area (Å²) in [5.74, 6) is -0.356. The maximum absolute atomic E-state index is 12.4. The zero-order valence-corrected chi connectivity index (χ0v) is 18.2. The van der Waals surface area contributed by atoms with E-state index in [0.29, 0.717) is 5.69 Å². The largest absolute Gasteiger partial charge is 0.332 e. The maximum Gasteiger partial charge on any atom is 0.250 e. The van der Waals surface area contributed by atoms with E-state index in [4.69, 9.17) is 12.2 Å². The molecule has 0 aliphatic carbocycles. The van der Waals surface area contributed by atoms with E-state index in [1.54, 1.807) is 18.2 Å². The topological polar surface area (TPSA) is 87.3 Å². The number of hydrogen-bond donors (Lipinski definition) is 3. The number of rotatable bonds is 7. The summed E-state index contributed by atoms with van der Waals surface area (Å²) < 4.78 is 27.4. The fraction of sp³-hybridized carbons (Fsp3) is 0.0476. The highest BCUT2D eigenvalue weighted by molar-refractivity contribution is 7.89. The monoisotopic (exact) mass is 457 g/mol. The van der Waals surface area contributed by atoms with Crippen molar-refractivity contribution in [3.8, 4) is 0 Å². The zero-order valence-electron chi connectivity index (χ0n) is 15.7. The molecule has 154 valence electrons. The van der Waals surface area contributed by atoms with Gasteiger partial charge in [-0.3, -0.25) is 10.1 Å². The van der Waals surface area contributed by atoms with Crippen molar-refractivity contribution < 1.29 is 13.2 Å². The summed E-state index contributed by atoms with van der Waals surface area (Å²) in [4.78, 5) is 13.0. The Morgan fingerprint density at radius 1 is 1.00 bits per heavy atom. The Balaban J connectivity index is 1.53. The summed E-state index contributed by atoms with van der Waals surface area (Å²) in [7, 11) is -3.64. The number of thiophene rings is 1. The van der Waals surface area contributed by atoms with Gasteiger partial charge < -0.3 is 5.32 Å². The van der Waals surface area contributed by atoms with Gasteiger partial charge in [0.05, 0.1) is 4.90 Å². The molecular weight excluding hydrogens is 438 g/mol. The molecular formula is C21H19N3O3S3. The number of anilines is 1. The Hall–Kier alpha value is -2.85. The molecule has 1 amide bonds. The van der Waals surface area contributed by atoms with Crippen LogP contribution in [0.25, 0.3) is 6.08 Å². The minimum atomic E-state index is -3.64. The summed E-state index contributed by atoms with van der Waals surface area (Å²) in [5.41, 5.74) is 1.43. The standard InChI is InChI=1S/C21H19N3O3S3/c25-20(13-10-18-7-4-14-29-18)24-21(28)23-17-8-11-19(12-9-17)30(26,27)22-15-16-5-2-1-3-6-16/h1-14,22H,15H2,(H2,23,24,25,28)/b13-10+. The number of hydrogen-bond acceptors (Lipinski definition) is 5. The van der Waals surface area contributed by atoms with Crippen molar-refractivity contribution in [1.82, 2.24) is 10.0 Å². The van der Waals surface area contributed by atoms with E-state index >= 15 is 0 Å². The molecule has 3 rings (SSSR count). The number of carbonyl (C=O) groups excluding carboxylic acids is 1. The third-order valence-electron chi connectivity index (χ3n) is 3.91. The number of thiocarbonyl (C=S) groups is 1. The first kappa shape index (κ1) is 21.8. The molecule has 9 heteroatoms. The average molecular weight is 458 g/mol. The van der Waals surface area contributed by atoms with Gasteiger partial charge in [0.25, 0.3) is 0 Å². The first-order valence-corrected chi connectivity index (χ1v) is 11.7. The number of amides is 1. The van der Waals surface area contributed by atoms with E-state index in [1.807, 2.05) is 47.8 Å². The van der Waals surface area contributed by atoms with Crippen LogP contribution in [0.4, 0.5) is 5.69 Å². The molecule has 0 bridgehead atoms. The van der Waals surface area contributed by atoms with E-state index in [9.17, 15) is 13.2 Å². The van der Waals surface area contributed by atoms with Crippen LogP contribution in [0.5, 0.6) is 0 Å². The molecule has 0 saturated heterocycles. The molecule has 3 N–H and O–H groups in total. The van der Waals surface area contributed by atoms with E-state index in [2.05, 4.69) is 15.4 Å². The van der Waals surface area contributed by atoms with Gasteiger partial charge in [-0.15, -0.1) is 11.3 Å². The van der Waals surface area contributed by atoms with Crippen LogP contribution < -0.4 is 15.4 Å². The number of benzene rings is 2. The predicted octanol–water partition coefficient (Wildman–Crippen LogP) is 3.75. The van der Waals surface area contributed by atoms with Crippen LogP contribution in [0, 0.1) is 0 Å². The Morgan fingerprint density at radius 3 is 2.40 bits per heavy atom. The second-order valence-corrected chi connectivity index (χ2v) is 9.28. The molecule has 0 aliphatic heterocycles. The summed E-state index contributed by atoms with van der Waals surface area (Å²) >= 11 is 6.65. The average Bonchev–Trinajstić information content (AvgIpc) is 3.26. The lowest BCUT2D eigenvalue weighted by atomic mass is 10.2. The summed E-state index contributed by atoms with van der Waals surface area (Å²) in [5, 5.41) is 7.44. The van der Waals surface area contributed by atoms with Crippen LogP contribution in [0.15, 0.2) is 83.1 Å². The summed E-state index contributed by atoms with van der Waals surface area (Å²) in [6.45, 7) is 0.207. The molecule has 0 spiro atoms. The molecule has 30 heavy (non-hydrogen) atoms. The molecule has 0 aliphatic rings. The highest BCUT2D eigenvalue weighted by atomic mass is 32.2. The van der Waals surface area contributed by atoms with Gasteiger partial charge in [-0.25, -0.2) is 13.1 Å². The second kappa shape index (κ2) is 10.3. The highest BCUT2D eigenvalue weighted by Gasteiger charge is 2.13. The Morgan fingerprint density at radius 2 is 1.73 bits per heavy atom. The van der Waals surface area contributed by atoms with Crippen LogP contribution in [0.3, 0.4) is 0 Å². The van der Waals surface area contributed by atoms with Gasteiger partial charge in [-0.2, -0.15) is 0 Å². The molecule has 2 aromatic carbocycles. The normalized spacial score (nSPS) is 11.3. The van der Waals surface area contributed by atoms with Crippen molar-refractivity contribution in [2.75, 3.05) is 5.32 Å². The highest BCUT2D eigenvalue weighted by Crippen LogP contribution is 2.15. The van der Waals surface area contributed by atoms with Gasteiger partial charge in [0.15, 0.2) is 5.11 Å². The van der Waals surface area contributed by atoms with Gasteiger partial charge in [-0.1, -0.05) is 36.4 Å². The SMILES string of the molecule is O=C(/C=C/c1cccs1)NC(=S)Nc1ccc(S(=O)(=O)NCc2ccccc2)cc1. The molecule has 6 nitrogen and oxygen atoms in total. The van der Waals surface area contributed by atoms with Crippen molar-refractivity contribution in [3.63, 3.8) is 0 Å². The molecule has 0 radical (unpaired) electrons. The lowest BCUT2D eigenvalue weighted by molar-refractivity contribution is -0.115. The van der Waals surface area contributed by atoms with Crippen molar-refractivity contribution in [3.05, 3.63) is 88.6 Å². The van der Waals surface area contributed by atoms with Gasteiger partial charge in [0.2, 0.25) is 15.9 Å². The molecule has 0 unspecified atom stereocenters. The zero-order chi connectivity index (χ0) is 21.4. The number of sulfonamides is 1. The van der Waals surface area contributed by atoms with Crippen molar-refractivity contribution in [2.45, 2.75) is 11.4 Å². The van der Waals surface area contributed by atoms with E-state index in [0.717, 1.165) is 10.4 Å². The molecule has 1 aromatic heterocycles. The number of nitrogens with one attached hydrogen (secondary N) is 3. The van der Waals surface area contributed by atoms with Crippen LogP contribution >= 0.6 is 23.6 Å². The lowest BCUT2D eigenvalue weighted by Crippen LogP contribution is -2.32. The Labute approximate surface area is 184 Å². The van der Waals surface area contributed by atoms with Crippen LogP contribution in [0.2, 0.25) is 0 Å². The van der Waals surface area contributed by atoms with Gasteiger partial charge in [0.1, 0.15) is 0 Å². The first-order chi connectivity index (χ1) is 14.4. The molecule has 0 atom stereocenters. The summed E-state index contributed by atoms with van der Waals surface area (Å²) in [6.07, 6.45) is 3.10. The predicted molar refractivity (Wildman–Crippen MR) is 125 cm³/mol. The van der Waals surface area contributed by atoms with Crippen LogP contribution in [-0.2, 0) is 21.4 Å². The third kappa shape index (κ3) is 6.60. The molecule has 3 aromatic rings. The number of carbonyl (C=O) groups is 1. The smallest absolute Gasteiger partial charge is 0.250 e. The van der Waals surface area contributed by atoms with E-state index in [-0.39, 0.29) is 22.5 Å². The fourth-order valence-corrected chi connectivity index (χ4v) is 4.29. The van der Waals surface area contributed by atoms with E-state index < -0.39 is 10.0 Å².